The summed E-state index contributed by atoms with van der Waals surface area (Å²) in [5, 5.41) is 2.47. The van der Waals surface area contributed by atoms with Crippen molar-refractivity contribution in [2.75, 3.05) is 4.90 Å². The van der Waals surface area contributed by atoms with Crippen molar-refractivity contribution >= 4 is 44.4 Å². The summed E-state index contributed by atoms with van der Waals surface area (Å²) < 4.78 is 2.43. The van der Waals surface area contributed by atoms with Crippen molar-refractivity contribution in [1.82, 2.24) is 9.38 Å². The van der Waals surface area contributed by atoms with Crippen molar-refractivity contribution in [1.29, 1.82) is 0 Å². The lowest BCUT2D eigenvalue weighted by molar-refractivity contribution is 1.24. The van der Waals surface area contributed by atoms with Crippen LogP contribution in [0.3, 0.4) is 0 Å². The number of para-hydroxylation sites is 2. The van der Waals surface area contributed by atoms with Gasteiger partial charge in [0.2, 0.25) is 0 Å². The van der Waals surface area contributed by atoms with Crippen molar-refractivity contribution in [2.24, 2.45) is 0 Å². The molecule has 0 saturated carbocycles. The summed E-state index contributed by atoms with van der Waals surface area (Å²) in [6.45, 7) is 0. The molecule has 0 spiro atoms. The van der Waals surface area contributed by atoms with Gasteiger partial charge in [-0.15, -0.1) is 0 Å². The van der Waals surface area contributed by atoms with Gasteiger partial charge in [0.1, 0.15) is 0 Å². The summed E-state index contributed by atoms with van der Waals surface area (Å²) in [7, 11) is 0. The van der Waals surface area contributed by atoms with Crippen LogP contribution in [0.15, 0.2) is 188 Å². The number of fused-ring (bicyclic) bond motifs is 5. The molecule has 0 unspecified atom stereocenters. The van der Waals surface area contributed by atoms with Crippen LogP contribution in [0.2, 0.25) is 0 Å². The third kappa shape index (κ3) is 4.72. The number of benzene rings is 6. The van der Waals surface area contributed by atoms with E-state index in [4.69, 9.17) is 0 Å². The average Bonchev–Trinajstić information content (AvgIpc) is 3.51. The number of anilines is 3. The third-order valence-corrected chi connectivity index (χ3v) is 9.26. The Morgan fingerprint density at radius 1 is 0.375 bits per heavy atom. The first-order valence-corrected chi connectivity index (χ1v) is 16.3. The monoisotopic (exact) mass is 613 g/mol. The maximum atomic E-state index is 4.32. The molecule has 0 atom stereocenters. The van der Waals surface area contributed by atoms with Crippen LogP contribution in [0.4, 0.5) is 17.1 Å². The molecule has 0 N–H and O–H groups in total. The third-order valence-electron chi connectivity index (χ3n) is 9.26. The van der Waals surface area contributed by atoms with E-state index in [9.17, 15) is 0 Å². The molecule has 226 valence electrons. The van der Waals surface area contributed by atoms with Crippen molar-refractivity contribution in [3.8, 4) is 33.4 Å². The average molecular weight is 614 g/mol. The van der Waals surface area contributed by atoms with Crippen LogP contribution in [-0.2, 0) is 0 Å². The van der Waals surface area contributed by atoms with Gasteiger partial charge < -0.3 is 9.30 Å². The molecule has 0 fully saturated rings. The Hall–Kier alpha value is -6.45. The van der Waals surface area contributed by atoms with Crippen molar-refractivity contribution in [3.63, 3.8) is 0 Å². The summed E-state index contributed by atoms with van der Waals surface area (Å²) in [5.74, 6) is 0. The lowest BCUT2D eigenvalue weighted by Gasteiger charge is -2.26. The molecular formula is C45H31N3. The highest BCUT2D eigenvalue weighted by Gasteiger charge is 2.19. The molecule has 3 aromatic heterocycles. The molecule has 0 amide bonds. The molecule has 0 aliphatic rings. The highest BCUT2D eigenvalue weighted by Crippen LogP contribution is 2.43. The van der Waals surface area contributed by atoms with Crippen LogP contribution in [0.5, 0.6) is 0 Å². The molecule has 3 heterocycles. The highest BCUT2D eigenvalue weighted by molar-refractivity contribution is 6.11. The molecule has 0 aliphatic heterocycles. The summed E-state index contributed by atoms with van der Waals surface area (Å²) in [6, 6.07) is 63.0. The molecule has 9 aromatic rings. The predicted octanol–water partition coefficient (Wildman–Crippen LogP) is 12.1. The van der Waals surface area contributed by atoms with Gasteiger partial charge in [0.05, 0.1) is 16.6 Å². The zero-order valence-electron chi connectivity index (χ0n) is 26.2. The quantitative estimate of drug-likeness (QED) is 0.186. The van der Waals surface area contributed by atoms with Gasteiger partial charge in [-0.25, -0.2) is 0 Å². The Kier molecular flexibility index (Phi) is 6.80. The summed E-state index contributed by atoms with van der Waals surface area (Å²) in [4.78, 5) is 6.63. The van der Waals surface area contributed by atoms with Gasteiger partial charge in [-0.3, -0.25) is 4.98 Å². The van der Waals surface area contributed by atoms with Gasteiger partial charge in [-0.2, -0.15) is 0 Å². The second-order valence-corrected chi connectivity index (χ2v) is 12.1. The summed E-state index contributed by atoms with van der Waals surface area (Å²) in [5.41, 5.74) is 14.1. The van der Waals surface area contributed by atoms with Gasteiger partial charge in [0.25, 0.3) is 0 Å². The van der Waals surface area contributed by atoms with Crippen LogP contribution >= 0.6 is 0 Å². The number of hydrogen-bond acceptors (Lipinski definition) is 2. The maximum absolute atomic E-state index is 4.32. The minimum absolute atomic E-state index is 1.05. The molecule has 0 radical (unpaired) electrons. The molecular weight excluding hydrogens is 583 g/mol. The molecule has 3 heteroatoms. The fraction of sp³-hybridized carbons (Fsp3) is 0. The van der Waals surface area contributed by atoms with Crippen molar-refractivity contribution in [3.05, 3.63) is 188 Å². The second kappa shape index (κ2) is 11.7. The van der Waals surface area contributed by atoms with E-state index >= 15 is 0 Å². The number of hydrogen-bond donors (Lipinski definition) is 0. The molecule has 3 nitrogen and oxygen atoms in total. The van der Waals surface area contributed by atoms with Crippen molar-refractivity contribution in [2.45, 2.75) is 0 Å². The zero-order valence-corrected chi connectivity index (χ0v) is 26.2. The van der Waals surface area contributed by atoms with E-state index < -0.39 is 0 Å². The van der Waals surface area contributed by atoms with Crippen LogP contribution in [-0.4, -0.2) is 9.38 Å². The number of rotatable bonds is 6. The van der Waals surface area contributed by atoms with E-state index in [0.717, 1.165) is 22.6 Å². The summed E-state index contributed by atoms with van der Waals surface area (Å²) >= 11 is 0. The van der Waals surface area contributed by atoms with Gasteiger partial charge >= 0.3 is 0 Å². The zero-order chi connectivity index (χ0) is 31.9. The van der Waals surface area contributed by atoms with E-state index in [2.05, 4.69) is 190 Å². The Morgan fingerprint density at radius 3 is 1.67 bits per heavy atom. The standard InChI is InChI=1S/C45H31N3/c1-3-12-32(13-4-1)33-22-24-36(25-23-33)47(37-26-28-46-29-27-37)38-17-11-16-35(30-38)41-31-44-45(34-14-5-2-6-15-34)40-19-8-10-21-43(40)48(44)42-20-9-7-18-39(41)42/h1-31H. The fourth-order valence-corrected chi connectivity index (χ4v) is 7.10. The number of nitrogens with zero attached hydrogens (tertiary/aromatic N) is 3. The first-order valence-electron chi connectivity index (χ1n) is 16.3. The molecule has 9 rings (SSSR count). The SMILES string of the molecule is c1ccc(-c2ccc(N(c3ccncc3)c3cccc(-c4cc5c(-c6ccccc6)c6ccccc6n5c5ccccc45)c3)cc2)cc1. The van der Waals surface area contributed by atoms with Crippen LogP contribution in [0.1, 0.15) is 0 Å². The van der Waals surface area contributed by atoms with E-state index in [0.29, 0.717) is 0 Å². The molecule has 48 heavy (non-hydrogen) atoms. The minimum atomic E-state index is 1.05. The Balaban J connectivity index is 1.25. The molecule has 0 aliphatic carbocycles. The normalized spacial score (nSPS) is 11.3. The van der Waals surface area contributed by atoms with Crippen LogP contribution in [0.25, 0.3) is 60.7 Å². The fourth-order valence-electron chi connectivity index (χ4n) is 7.10. The Morgan fingerprint density at radius 2 is 0.938 bits per heavy atom. The lowest BCUT2D eigenvalue weighted by Crippen LogP contribution is -2.10. The number of pyridine rings is 2. The first kappa shape index (κ1) is 27.8. The Bertz CT molecular complexity index is 2540. The topological polar surface area (TPSA) is 20.5 Å². The molecule has 0 saturated heterocycles. The van der Waals surface area contributed by atoms with Crippen molar-refractivity contribution < 1.29 is 0 Å². The van der Waals surface area contributed by atoms with E-state index in [1.165, 1.54) is 55.1 Å². The van der Waals surface area contributed by atoms with Crippen LogP contribution in [0, 0.1) is 0 Å². The van der Waals surface area contributed by atoms with Gasteiger partial charge in [-0.1, -0.05) is 121 Å². The minimum Gasteiger partial charge on any atom is -0.310 e. The maximum Gasteiger partial charge on any atom is 0.0553 e. The van der Waals surface area contributed by atoms with Crippen LogP contribution < -0.4 is 4.90 Å². The van der Waals surface area contributed by atoms with Gasteiger partial charge in [0, 0.05) is 45.8 Å². The first-order chi connectivity index (χ1) is 23.8. The summed E-state index contributed by atoms with van der Waals surface area (Å²) in [6.07, 6.45) is 3.71. The highest BCUT2D eigenvalue weighted by atomic mass is 15.1. The van der Waals surface area contributed by atoms with Gasteiger partial charge in [0.15, 0.2) is 0 Å². The predicted molar refractivity (Wildman–Crippen MR) is 201 cm³/mol. The lowest BCUT2D eigenvalue weighted by atomic mass is 9.97. The van der Waals surface area contributed by atoms with E-state index in [1.807, 2.05) is 12.4 Å². The Labute approximate surface area is 279 Å². The smallest absolute Gasteiger partial charge is 0.0553 e. The second-order valence-electron chi connectivity index (χ2n) is 12.1. The largest absolute Gasteiger partial charge is 0.310 e. The van der Waals surface area contributed by atoms with Gasteiger partial charge in [-0.05, 0) is 82.4 Å². The molecule has 0 bridgehead atoms. The number of aromatic nitrogens is 2. The molecule has 6 aromatic carbocycles. The van der Waals surface area contributed by atoms with E-state index in [1.54, 1.807) is 0 Å². The van der Waals surface area contributed by atoms with E-state index in [-0.39, 0.29) is 0 Å².